The molecule has 0 aliphatic carbocycles. The minimum absolute atomic E-state index is 0.0209. The van der Waals surface area contributed by atoms with Crippen molar-refractivity contribution in [2.24, 2.45) is 0 Å². The highest BCUT2D eigenvalue weighted by Gasteiger charge is 2.20. The van der Waals surface area contributed by atoms with Crippen LogP contribution in [0.3, 0.4) is 0 Å². The van der Waals surface area contributed by atoms with Gasteiger partial charge in [0.2, 0.25) is 0 Å². The number of hydrogen-bond donors (Lipinski definition) is 1. The number of piperidine rings is 1. The third-order valence-corrected chi connectivity index (χ3v) is 7.69. The summed E-state index contributed by atoms with van der Waals surface area (Å²) in [5, 5.41) is 4.71. The first kappa shape index (κ1) is 25.4. The van der Waals surface area contributed by atoms with Crippen LogP contribution in [0, 0.1) is 0 Å². The van der Waals surface area contributed by atoms with Gasteiger partial charge in [0.05, 0.1) is 18.3 Å². The SMILES string of the molecule is COc1ccc2c(-c3ccccn3)cc(=O)n(CCN3CCC(NCc4ccc5c(c4)OCCO5)CC3)c2c1. The molecular formula is C31H34N4O4. The van der Waals surface area contributed by atoms with Crippen molar-refractivity contribution in [3.63, 3.8) is 0 Å². The molecule has 1 fully saturated rings. The molecule has 0 saturated carbocycles. The van der Waals surface area contributed by atoms with E-state index in [4.69, 9.17) is 14.2 Å². The minimum atomic E-state index is -0.0209. The largest absolute Gasteiger partial charge is 0.497 e. The number of fused-ring (bicyclic) bond motifs is 2. The Kier molecular flexibility index (Phi) is 7.47. The van der Waals surface area contributed by atoms with Crippen molar-refractivity contribution in [3.05, 3.63) is 82.8 Å². The Hall–Kier alpha value is -3.88. The fourth-order valence-electron chi connectivity index (χ4n) is 5.51. The first-order chi connectivity index (χ1) is 19.2. The Balaban J connectivity index is 1.09. The van der Waals surface area contributed by atoms with Gasteiger partial charge in [-0.25, -0.2) is 0 Å². The fourth-order valence-corrected chi connectivity index (χ4v) is 5.51. The zero-order chi connectivity index (χ0) is 26.6. The smallest absolute Gasteiger partial charge is 0.251 e. The van der Waals surface area contributed by atoms with E-state index in [0.717, 1.165) is 78.4 Å². The van der Waals surface area contributed by atoms with Gasteiger partial charge in [-0.15, -0.1) is 0 Å². The molecule has 6 rings (SSSR count). The lowest BCUT2D eigenvalue weighted by atomic mass is 10.0. The Labute approximate surface area is 228 Å². The number of hydrogen-bond acceptors (Lipinski definition) is 7. The molecule has 1 saturated heterocycles. The van der Waals surface area contributed by atoms with Gasteiger partial charge < -0.3 is 29.0 Å². The maximum Gasteiger partial charge on any atom is 0.251 e. The molecule has 2 aliphatic rings. The number of ether oxygens (including phenoxy) is 3. The van der Waals surface area contributed by atoms with Crippen molar-refractivity contribution in [1.82, 2.24) is 19.8 Å². The van der Waals surface area contributed by atoms with Crippen molar-refractivity contribution in [2.75, 3.05) is 40.0 Å². The van der Waals surface area contributed by atoms with Gasteiger partial charge in [-0.1, -0.05) is 12.1 Å². The normalized spacial score (nSPS) is 15.9. The lowest BCUT2D eigenvalue weighted by molar-refractivity contribution is 0.171. The number of nitrogens with zero attached hydrogens (tertiary/aromatic N) is 3. The van der Waals surface area contributed by atoms with Gasteiger partial charge in [-0.3, -0.25) is 9.78 Å². The van der Waals surface area contributed by atoms with Gasteiger partial charge in [-0.2, -0.15) is 0 Å². The van der Waals surface area contributed by atoms with Crippen LogP contribution in [-0.4, -0.2) is 60.5 Å². The van der Waals surface area contributed by atoms with Gasteiger partial charge in [-0.05, 0) is 67.9 Å². The summed E-state index contributed by atoms with van der Waals surface area (Å²) >= 11 is 0. The van der Waals surface area contributed by atoms with E-state index in [1.54, 1.807) is 19.4 Å². The summed E-state index contributed by atoms with van der Waals surface area (Å²) in [4.78, 5) is 20.2. The Bertz CT molecular complexity index is 1500. The van der Waals surface area contributed by atoms with E-state index in [1.807, 2.05) is 47.0 Å². The molecule has 4 aromatic rings. The molecule has 0 amide bonds. The van der Waals surface area contributed by atoms with Crippen molar-refractivity contribution in [1.29, 1.82) is 0 Å². The number of pyridine rings is 2. The standard InChI is InChI=1S/C31H34N4O4/c1-37-24-6-7-25-26(27-4-2-3-11-32-27)20-31(36)35(28(25)19-24)15-14-34-12-9-23(10-13-34)33-21-22-5-8-29-30(18-22)39-17-16-38-29/h2-8,11,18-20,23,33H,9-10,12-17,21H2,1H3. The van der Waals surface area contributed by atoms with E-state index < -0.39 is 0 Å². The summed E-state index contributed by atoms with van der Waals surface area (Å²) in [6.07, 6.45) is 3.91. The van der Waals surface area contributed by atoms with Gasteiger partial charge in [0.1, 0.15) is 19.0 Å². The third-order valence-electron chi connectivity index (χ3n) is 7.69. The molecule has 0 atom stereocenters. The first-order valence-electron chi connectivity index (χ1n) is 13.7. The molecule has 39 heavy (non-hydrogen) atoms. The summed E-state index contributed by atoms with van der Waals surface area (Å²) in [6.45, 7) is 5.48. The maximum atomic E-state index is 13.3. The molecule has 1 N–H and O–H groups in total. The van der Waals surface area contributed by atoms with Crippen LogP contribution in [0.1, 0.15) is 18.4 Å². The first-order valence-corrected chi connectivity index (χ1v) is 13.7. The summed E-state index contributed by atoms with van der Waals surface area (Å²) in [5.74, 6) is 2.40. The summed E-state index contributed by atoms with van der Waals surface area (Å²) in [5.41, 5.74) is 3.70. The molecule has 8 heteroatoms. The molecule has 2 aromatic heterocycles. The molecular weight excluding hydrogens is 492 g/mol. The van der Waals surface area contributed by atoms with E-state index in [2.05, 4.69) is 27.3 Å². The molecule has 0 unspecified atom stereocenters. The molecule has 202 valence electrons. The summed E-state index contributed by atoms with van der Waals surface area (Å²) in [7, 11) is 1.65. The van der Waals surface area contributed by atoms with Gasteiger partial charge in [0.25, 0.3) is 5.56 Å². The predicted molar refractivity (Wildman–Crippen MR) is 152 cm³/mol. The monoisotopic (exact) mass is 526 g/mol. The molecule has 0 spiro atoms. The molecule has 2 aromatic carbocycles. The Morgan fingerprint density at radius 2 is 1.82 bits per heavy atom. The molecule has 0 bridgehead atoms. The second kappa shape index (κ2) is 11.5. The highest BCUT2D eigenvalue weighted by molar-refractivity contribution is 5.94. The van der Waals surface area contributed by atoms with E-state index in [9.17, 15) is 4.79 Å². The highest BCUT2D eigenvalue weighted by atomic mass is 16.6. The maximum absolute atomic E-state index is 13.3. The summed E-state index contributed by atoms with van der Waals surface area (Å²) in [6, 6.07) is 20.0. The number of likely N-dealkylation sites (tertiary alicyclic amines) is 1. The van der Waals surface area contributed by atoms with Gasteiger partial charge >= 0.3 is 0 Å². The third kappa shape index (κ3) is 5.62. The average molecular weight is 527 g/mol. The van der Waals surface area contributed by atoms with Crippen LogP contribution in [0.4, 0.5) is 0 Å². The number of benzene rings is 2. The highest BCUT2D eigenvalue weighted by Crippen LogP contribution is 2.31. The molecule has 8 nitrogen and oxygen atoms in total. The van der Waals surface area contributed by atoms with Crippen molar-refractivity contribution < 1.29 is 14.2 Å². The second-order valence-corrected chi connectivity index (χ2v) is 10.1. The van der Waals surface area contributed by atoms with Crippen LogP contribution in [0.25, 0.3) is 22.2 Å². The van der Waals surface area contributed by atoms with E-state index in [-0.39, 0.29) is 5.56 Å². The number of methoxy groups -OCH3 is 1. The molecule has 0 radical (unpaired) electrons. The Morgan fingerprint density at radius 3 is 2.62 bits per heavy atom. The zero-order valence-corrected chi connectivity index (χ0v) is 22.3. The quantitative estimate of drug-likeness (QED) is 0.370. The van der Waals surface area contributed by atoms with Crippen molar-refractivity contribution in [2.45, 2.75) is 32.0 Å². The van der Waals surface area contributed by atoms with Crippen LogP contribution in [0.15, 0.2) is 71.7 Å². The van der Waals surface area contributed by atoms with Crippen molar-refractivity contribution >= 4 is 10.9 Å². The average Bonchev–Trinajstić information content (AvgIpc) is 3.00. The van der Waals surface area contributed by atoms with Crippen molar-refractivity contribution in [3.8, 4) is 28.5 Å². The van der Waals surface area contributed by atoms with E-state index in [0.29, 0.717) is 25.8 Å². The lowest BCUT2D eigenvalue weighted by Crippen LogP contribution is -2.43. The van der Waals surface area contributed by atoms with E-state index in [1.165, 1.54) is 5.56 Å². The number of rotatable bonds is 8. The molecule has 4 heterocycles. The Morgan fingerprint density at radius 1 is 0.974 bits per heavy atom. The van der Waals surface area contributed by atoms with Gasteiger partial charge in [0, 0.05) is 55.0 Å². The topological polar surface area (TPSA) is 77.9 Å². The predicted octanol–water partition coefficient (Wildman–Crippen LogP) is 4.10. The zero-order valence-electron chi connectivity index (χ0n) is 22.3. The van der Waals surface area contributed by atoms with Crippen LogP contribution in [-0.2, 0) is 13.1 Å². The lowest BCUT2D eigenvalue weighted by Gasteiger charge is -2.32. The second-order valence-electron chi connectivity index (χ2n) is 10.1. The van der Waals surface area contributed by atoms with Gasteiger partial charge in [0.15, 0.2) is 11.5 Å². The summed E-state index contributed by atoms with van der Waals surface area (Å²) < 4.78 is 18.7. The van der Waals surface area contributed by atoms with Crippen LogP contribution in [0.2, 0.25) is 0 Å². The van der Waals surface area contributed by atoms with E-state index >= 15 is 0 Å². The number of aromatic nitrogens is 2. The minimum Gasteiger partial charge on any atom is -0.497 e. The van der Waals surface area contributed by atoms with Crippen LogP contribution < -0.4 is 25.1 Å². The number of nitrogens with one attached hydrogen (secondary N) is 1. The molecule has 2 aliphatic heterocycles. The fraction of sp³-hybridized carbons (Fsp3) is 0.355. The van der Waals surface area contributed by atoms with Crippen LogP contribution >= 0.6 is 0 Å². The van der Waals surface area contributed by atoms with Crippen LogP contribution in [0.5, 0.6) is 17.2 Å².